The number of nitrogens with zero attached hydrogens (tertiary/aromatic N) is 1. The highest BCUT2D eigenvalue weighted by Crippen LogP contribution is 2.13. The molecule has 0 aliphatic heterocycles. The van der Waals surface area contributed by atoms with Crippen molar-refractivity contribution in [2.75, 3.05) is 0 Å². The first-order valence-corrected chi connectivity index (χ1v) is 4.95. The predicted molar refractivity (Wildman–Crippen MR) is 55.4 cm³/mol. The topological polar surface area (TPSA) is 78.8 Å². The summed E-state index contributed by atoms with van der Waals surface area (Å²) in [5.41, 5.74) is 3.29. The van der Waals surface area contributed by atoms with Crippen molar-refractivity contribution in [1.29, 1.82) is 0 Å². The summed E-state index contributed by atoms with van der Waals surface area (Å²) in [5, 5.41) is 12.2. The number of aliphatic carboxylic acids is 1. The van der Waals surface area contributed by atoms with Crippen molar-refractivity contribution in [3.63, 3.8) is 0 Å². The summed E-state index contributed by atoms with van der Waals surface area (Å²) in [5.74, 6) is -1.65. The van der Waals surface area contributed by atoms with E-state index in [9.17, 15) is 9.59 Å². The van der Waals surface area contributed by atoms with Gasteiger partial charge >= 0.3 is 5.97 Å². The van der Waals surface area contributed by atoms with Crippen LogP contribution in [0.25, 0.3) is 0 Å². The van der Waals surface area contributed by atoms with Gasteiger partial charge in [0.1, 0.15) is 0 Å². The molecule has 0 aromatic heterocycles. The highest BCUT2D eigenvalue weighted by Gasteiger charge is 2.06. The van der Waals surface area contributed by atoms with Crippen molar-refractivity contribution in [3.05, 3.63) is 12.2 Å². The molecule has 1 aliphatic carbocycles. The Morgan fingerprint density at radius 2 is 1.87 bits per heavy atom. The molecule has 0 saturated heterocycles. The number of nitrogens with one attached hydrogen (secondary N) is 1. The molecule has 15 heavy (non-hydrogen) atoms. The molecule has 0 heterocycles. The Morgan fingerprint density at radius 3 is 2.47 bits per heavy atom. The van der Waals surface area contributed by atoms with Crippen LogP contribution in [0.4, 0.5) is 0 Å². The van der Waals surface area contributed by atoms with Gasteiger partial charge in [0.25, 0.3) is 5.91 Å². The zero-order valence-corrected chi connectivity index (χ0v) is 8.40. The van der Waals surface area contributed by atoms with Crippen LogP contribution in [0.5, 0.6) is 0 Å². The lowest BCUT2D eigenvalue weighted by molar-refractivity contribution is -0.131. The Hall–Kier alpha value is -1.65. The van der Waals surface area contributed by atoms with Gasteiger partial charge in [-0.3, -0.25) is 4.79 Å². The number of carboxylic acid groups (broad SMARTS) is 1. The fraction of sp³-hybridized carbons (Fsp3) is 0.500. The monoisotopic (exact) mass is 210 g/mol. The molecule has 0 radical (unpaired) electrons. The minimum Gasteiger partial charge on any atom is -0.478 e. The molecule has 0 aromatic rings. The first-order chi connectivity index (χ1) is 7.18. The van der Waals surface area contributed by atoms with Gasteiger partial charge in [-0.15, -0.1) is 0 Å². The second-order valence-electron chi connectivity index (χ2n) is 3.39. The molecule has 82 valence electrons. The fourth-order valence-electron chi connectivity index (χ4n) is 1.39. The van der Waals surface area contributed by atoms with E-state index in [1.54, 1.807) is 0 Å². The van der Waals surface area contributed by atoms with Gasteiger partial charge in [-0.2, -0.15) is 5.10 Å². The molecule has 5 nitrogen and oxygen atoms in total. The highest BCUT2D eigenvalue weighted by atomic mass is 16.4. The fourth-order valence-corrected chi connectivity index (χ4v) is 1.39. The highest BCUT2D eigenvalue weighted by molar-refractivity contribution is 5.94. The summed E-state index contributed by atoms with van der Waals surface area (Å²) in [4.78, 5) is 21.1. The summed E-state index contributed by atoms with van der Waals surface area (Å²) >= 11 is 0. The molecular formula is C10H14N2O3. The van der Waals surface area contributed by atoms with Gasteiger partial charge in [-0.1, -0.05) is 6.42 Å². The van der Waals surface area contributed by atoms with E-state index < -0.39 is 11.9 Å². The molecule has 1 amide bonds. The number of carboxylic acids is 1. The molecule has 0 spiro atoms. The quantitative estimate of drug-likeness (QED) is 0.540. The largest absolute Gasteiger partial charge is 0.478 e. The minimum atomic E-state index is -1.14. The maximum Gasteiger partial charge on any atom is 0.328 e. The van der Waals surface area contributed by atoms with Crippen molar-refractivity contribution >= 4 is 17.6 Å². The van der Waals surface area contributed by atoms with Crippen LogP contribution < -0.4 is 5.43 Å². The third-order valence-corrected chi connectivity index (χ3v) is 2.13. The zero-order valence-electron chi connectivity index (χ0n) is 8.40. The van der Waals surface area contributed by atoms with Crippen molar-refractivity contribution in [1.82, 2.24) is 5.43 Å². The zero-order chi connectivity index (χ0) is 11.1. The van der Waals surface area contributed by atoms with Gasteiger partial charge < -0.3 is 5.11 Å². The summed E-state index contributed by atoms with van der Waals surface area (Å²) in [6.45, 7) is 0. The maximum atomic E-state index is 11.0. The molecule has 0 bridgehead atoms. The van der Waals surface area contributed by atoms with E-state index in [1.807, 2.05) is 0 Å². The average Bonchev–Trinajstić information content (AvgIpc) is 2.25. The molecule has 1 fully saturated rings. The molecule has 0 aromatic carbocycles. The molecule has 5 heteroatoms. The van der Waals surface area contributed by atoms with E-state index in [0.717, 1.165) is 43.5 Å². The lowest BCUT2D eigenvalue weighted by atomic mass is 9.99. The molecule has 2 N–H and O–H groups in total. The van der Waals surface area contributed by atoms with E-state index in [-0.39, 0.29) is 0 Å². The first-order valence-electron chi connectivity index (χ1n) is 4.95. The van der Waals surface area contributed by atoms with Crippen LogP contribution in [0.2, 0.25) is 0 Å². The van der Waals surface area contributed by atoms with E-state index >= 15 is 0 Å². The Labute approximate surface area is 87.9 Å². The molecule has 0 unspecified atom stereocenters. The number of carbonyl (C=O) groups excluding carboxylic acids is 1. The molecule has 1 saturated carbocycles. The smallest absolute Gasteiger partial charge is 0.328 e. The Morgan fingerprint density at radius 1 is 1.20 bits per heavy atom. The van der Waals surface area contributed by atoms with Gasteiger partial charge in [0.2, 0.25) is 0 Å². The van der Waals surface area contributed by atoms with E-state index in [4.69, 9.17) is 5.11 Å². The van der Waals surface area contributed by atoms with Gasteiger partial charge in [-0.05, 0) is 25.7 Å². The predicted octanol–water partition coefficient (Wildman–Crippen LogP) is 1.06. The van der Waals surface area contributed by atoms with E-state index in [0.29, 0.717) is 0 Å². The number of hydrogen-bond acceptors (Lipinski definition) is 3. The maximum absolute atomic E-state index is 11.0. The molecule has 1 rings (SSSR count). The number of hydrazone groups is 1. The molecular weight excluding hydrogens is 196 g/mol. The number of hydrogen-bond donors (Lipinski definition) is 2. The first kappa shape index (κ1) is 11.4. The summed E-state index contributed by atoms with van der Waals surface area (Å²) in [6.07, 6.45) is 7.02. The minimum absolute atomic E-state index is 0.504. The van der Waals surface area contributed by atoms with Crippen LogP contribution in [0, 0.1) is 0 Å². The molecule has 1 aliphatic rings. The van der Waals surface area contributed by atoms with E-state index in [2.05, 4.69) is 10.5 Å². The standard InChI is InChI=1S/C10H14N2O3/c13-9(6-7-10(14)15)12-11-8-4-2-1-3-5-8/h6-7H,1-5H2,(H,12,13)(H,14,15)/b7-6-. The Bertz CT molecular complexity index is 300. The van der Waals surface area contributed by atoms with Crippen LogP contribution in [-0.4, -0.2) is 22.7 Å². The summed E-state index contributed by atoms with van der Waals surface area (Å²) in [6, 6.07) is 0. The second kappa shape index (κ2) is 5.95. The van der Waals surface area contributed by atoms with Crippen LogP contribution in [-0.2, 0) is 9.59 Å². The van der Waals surface area contributed by atoms with Crippen molar-refractivity contribution in [2.45, 2.75) is 32.1 Å². The van der Waals surface area contributed by atoms with Crippen LogP contribution in [0.1, 0.15) is 32.1 Å². The average molecular weight is 210 g/mol. The van der Waals surface area contributed by atoms with Gasteiger partial charge in [0, 0.05) is 17.9 Å². The third-order valence-electron chi connectivity index (χ3n) is 2.13. The third kappa shape index (κ3) is 4.95. The summed E-state index contributed by atoms with van der Waals surface area (Å²) < 4.78 is 0. The SMILES string of the molecule is O=C(O)/C=C\C(=O)NN=C1CCCCC1. The Balaban J connectivity index is 2.34. The van der Waals surface area contributed by atoms with Crippen molar-refractivity contribution in [2.24, 2.45) is 5.10 Å². The van der Waals surface area contributed by atoms with Crippen LogP contribution in [0.3, 0.4) is 0 Å². The summed E-state index contributed by atoms with van der Waals surface area (Å²) in [7, 11) is 0. The van der Waals surface area contributed by atoms with E-state index in [1.165, 1.54) is 6.42 Å². The van der Waals surface area contributed by atoms with Gasteiger partial charge in [-0.25, -0.2) is 10.2 Å². The lowest BCUT2D eigenvalue weighted by Gasteiger charge is -2.11. The van der Waals surface area contributed by atoms with Crippen LogP contribution in [0.15, 0.2) is 17.3 Å². The van der Waals surface area contributed by atoms with Gasteiger partial charge in [0.05, 0.1) is 0 Å². The number of amides is 1. The van der Waals surface area contributed by atoms with Crippen LogP contribution >= 0.6 is 0 Å². The Kier molecular flexibility index (Phi) is 4.53. The van der Waals surface area contributed by atoms with Crippen molar-refractivity contribution in [3.8, 4) is 0 Å². The normalized spacial score (nSPS) is 16.4. The number of rotatable bonds is 3. The second-order valence-corrected chi connectivity index (χ2v) is 3.39. The number of carbonyl (C=O) groups is 2. The van der Waals surface area contributed by atoms with Gasteiger partial charge in [0.15, 0.2) is 0 Å². The molecule has 0 atom stereocenters. The lowest BCUT2D eigenvalue weighted by Crippen LogP contribution is -2.18. The van der Waals surface area contributed by atoms with Crippen molar-refractivity contribution < 1.29 is 14.7 Å².